The molecule has 1 aliphatic heterocycles. The van der Waals surface area contributed by atoms with E-state index in [1.54, 1.807) is 0 Å². The highest BCUT2D eigenvalue weighted by molar-refractivity contribution is 5.50. The van der Waals surface area contributed by atoms with E-state index in [9.17, 15) is 14.5 Å². The van der Waals surface area contributed by atoms with Crippen LogP contribution in [0.1, 0.15) is 18.1 Å². The Morgan fingerprint density at radius 3 is 2.74 bits per heavy atom. The number of hydrogen-bond acceptors (Lipinski definition) is 4. The Kier molecular flexibility index (Phi) is 4.52. The normalized spacial score (nSPS) is 20.4. The molecule has 0 radical (unpaired) electrons. The van der Waals surface area contributed by atoms with Gasteiger partial charge in [0.05, 0.1) is 22.8 Å². The van der Waals surface area contributed by atoms with Gasteiger partial charge in [-0.25, -0.2) is 4.39 Å². The number of non-ortho nitro benzene ring substituents is 1. The van der Waals surface area contributed by atoms with Crippen molar-refractivity contribution in [1.82, 2.24) is 0 Å². The van der Waals surface area contributed by atoms with Crippen molar-refractivity contribution in [3.05, 3.63) is 70.0 Å². The Morgan fingerprint density at radius 1 is 1.26 bits per heavy atom. The van der Waals surface area contributed by atoms with Crippen molar-refractivity contribution < 1.29 is 14.1 Å². The fourth-order valence-electron chi connectivity index (χ4n) is 2.86. The predicted molar refractivity (Wildman–Crippen MR) is 84.8 cm³/mol. The SMILES string of the molecule is O=[N+]([O-])c1ccc(NCC2CCOC2c2ccccc2)c(F)c1. The molecular formula is C17H17FN2O3. The first-order valence-electron chi connectivity index (χ1n) is 7.49. The highest BCUT2D eigenvalue weighted by Crippen LogP contribution is 2.34. The van der Waals surface area contributed by atoms with Crippen molar-refractivity contribution >= 4 is 11.4 Å². The van der Waals surface area contributed by atoms with Gasteiger partial charge in [0.2, 0.25) is 0 Å². The lowest BCUT2D eigenvalue weighted by Crippen LogP contribution is -2.18. The Morgan fingerprint density at radius 2 is 2.04 bits per heavy atom. The van der Waals surface area contributed by atoms with Crippen LogP contribution in [-0.2, 0) is 4.74 Å². The third-order valence-electron chi connectivity index (χ3n) is 4.06. The topological polar surface area (TPSA) is 64.4 Å². The molecule has 0 amide bonds. The zero-order valence-corrected chi connectivity index (χ0v) is 12.4. The van der Waals surface area contributed by atoms with Crippen LogP contribution in [0.15, 0.2) is 48.5 Å². The van der Waals surface area contributed by atoms with E-state index in [-0.39, 0.29) is 23.4 Å². The molecule has 0 bridgehead atoms. The maximum atomic E-state index is 13.9. The smallest absolute Gasteiger partial charge is 0.272 e. The summed E-state index contributed by atoms with van der Waals surface area (Å²) in [5, 5.41) is 13.7. The number of halogens is 1. The van der Waals surface area contributed by atoms with Gasteiger partial charge in [0.25, 0.3) is 5.69 Å². The molecule has 5 nitrogen and oxygen atoms in total. The van der Waals surface area contributed by atoms with Gasteiger partial charge in [-0.1, -0.05) is 30.3 Å². The number of nitro benzene ring substituents is 1. The molecule has 0 saturated carbocycles. The number of rotatable bonds is 5. The second-order valence-electron chi connectivity index (χ2n) is 5.55. The lowest BCUT2D eigenvalue weighted by Gasteiger charge is -2.20. The van der Waals surface area contributed by atoms with E-state index in [0.29, 0.717) is 13.2 Å². The van der Waals surface area contributed by atoms with Crippen LogP contribution in [0.25, 0.3) is 0 Å². The molecule has 1 saturated heterocycles. The van der Waals surface area contributed by atoms with Crippen molar-refractivity contribution in [3.8, 4) is 0 Å². The second kappa shape index (κ2) is 6.75. The predicted octanol–water partition coefficient (Wildman–Crippen LogP) is 3.92. The highest BCUT2D eigenvalue weighted by atomic mass is 19.1. The maximum Gasteiger partial charge on any atom is 0.272 e. The average molecular weight is 316 g/mol. The molecule has 120 valence electrons. The summed E-state index contributed by atoms with van der Waals surface area (Å²) in [7, 11) is 0. The highest BCUT2D eigenvalue weighted by Gasteiger charge is 2.29. The zero-order valence-electron chi connectivity index (χ0n) is 12.4. The van der Waals surface area contributed by atoms with E-state index in [2.05, 4.69) is 5.32 Å². The first kappa shape index (κ1) is 15.4. The van der Waals surface area contributed by atoms with Crippen LogP contribution < -0.4 is 5.32 Å². The summed E-state index contributed by atoms with van der Waals surface area (Å²) < 4.78 is 19.7. The molecule has 2 unspecified atom stereocenters. The number of ether oxygens (including phenoxy) is 1. The van der Waals surface area contributed by atoms with Crippen LogP contribution in [0.4, 0.5) is 15.8 Å². The average Bonchev–Trinajstić information content (AvgIpc) is 3.03. The van der Waals surface area contributed by atoms with Crippen LogP contribution in [0.5, 0.6) is 0 Å². The van der Waals surface area contributed by atoms with Crippen molar-refractivity contribution in [1.29, 1.82) is 0 Å². The minimum absolute atomic E-state index is 0.00944. The molecular weight excluding hydrogens is 299 g/mol. The maximum absolute atomic E-state index is 13.9. The fourth-order valence-corrected chi connectivity index (χ4v) is 2.86. The molecule has 0 aliphatic carbocycles. The minimum Gasteiger partial charge on any atom is -0.382 e. The minimum atomic E-state index is -0.616. The van der Waals surface area contributed by atoms with Crippen molar-refractivity contribution in [2.75, 3.05) is 18.5 Å². The molecule has 3 rings (SSSR count). The molecule has 2 aromatic rings. The van der Waals surface area contributed by atoms with Gasteiger partial charge >= 0.3 is 0 Å². The van der Waals surface area contributed by atoms with Crippen LogP contribution in [0.2, 0.25) is 0 Å². The largest absolute Gasteiger partial charge is 0.382 e. The molecule has 2 aromatic carbocycles. The van der Waals surface area contributed by atoms with Crippen molar-refractivity contribution in [3.63, 3.8) is 0 Å². The zero-order chi connectivity index (χ0) is 16.2. The molecule has 0 spiro atoms. The lowest BCUT2D eigenvalue weighted by atomic mass is 9.95. The van der Waals surface area contributed by atoms with Crippen LogP contribution in [0, 0.1) is 21.8 Å². The summed E-state index contributed by atoms with van der Waals surface area (Å²) in [6.07, 6.45) is 0.881. The summed E-state index contributed by atoms with van der Waals surface area (Å²) in [5.74, 6) is -0.388. The number of nitro groups is 1. The lowest BCUT2D eigenvalue weighted by molar-refractivity contribution is -0.385. The third-order valence-corrected chi connectivity index (χ3v) is 4.06. The summed E-state index contributed by atoms with van der Waals surface area (Å²) in [5.41, 5.74) is 1.13. The van der Waals surface area contributed by atoms with Gasteiger partial charge in [-0.3, -0.25) is 10.1 Å². The molecule has 1 N–H and O–H groups in total. The Labute approximate surface area is 133 Å². The number of hydrogen-bond donors (Lipinski definition) is 1. The van der Waals surface area contributed by atoms with Gasteiger partial charge in [-0.15, -0.1) is 0 Å². The molecule has 23 heavy (non-hydrogen) atoms. The van der Waals surface area contributed by atoms with Gasteiger partial charge in [0, 0.05) is 25.1 Å². The number of nitrogens with one attached hydrogen (secondary N) is 1. The molecule has 2 atom stereocenters. The summed E-state index contributed by atoms with van der Waals surface area (Å²) in [4.78, 5) is 10.0. The van der Waals surface area contributed by atoms with Crippen LogP contribution in [0.3, 0.4) is 0 Å². The Balaban J connectivity index is 1.67. The first-order chi connectivity index (χ1) is 11.1. The molecule has 1 heterocycles. The van der Waals surface area contributed by atoms with E-state index in [4.69, 9.17) is 4.74 Å². The monoisotopic (exact) mass is 316 g/mol. The summed E-state index contributed by atoms with van der Waals surface area (Å²) >= 11 is 0. The van der Waals surface area contributed by atoms with Gasteiger partial charge < -0.3 is 10.1 Å². The van der Waals surface area contributed by atoms with Crippen LogP contribution in [-0.4, -0.2) is 18.1 Å². The molecule has 6 heteroatoms. The summed E-state index contributed by atoms with van der Waals surface area (Å²) in [6.45, 7) is 1.23. The van der Waals surface area contributed by atoms with Gasteiger partial charge in [-0.2, -0.15) is 0 Å². The third kappa shape index (κ3) is 3.48. The molecule has 1 fully saturated rings. The molecule has 1 aliphatic rings. The number of anilines is 1. The first-order valence-corrected chi connectivity index (χ1v) is 7.49. The summed E-state index contributed by atoms with van der Waals surface area (Å²) in [6, 6.07) is 13.6. The van der Waals surface area contributed by atoms with Gasteiger partial charge in [0.1, 0.15) is 0 Å². The van der Waals surface area contributed by atoms with E-state index < -0.39 is 10.7 Å². The standard InChI is InChI=1S/C17H17FN2O3/c18-15-10-14(20(21)22)6-7-16(15)19-11-13-8-9-23-17(13)12-4-2-1-3-5-12/h1-7,10,13,17,19H,8-9,11H2. The number of nitrogens with zero attached hydrogens (tertiary/aromatic N) is 1. The van der Waals surface area contributed by atoms with Crippen LogP contribution >= 0.6 is 0 Å². The number of benzene rings is 2. The van der Waals surface area contributed by atoms with Gasteiger partial charge in [0.15, 0.2) is 5.82 Å². The fraction of sp³-hybridized carbons (Fsp3) is 0.294. The van der Waals surface area contributed by atoms with E-state index in [1.165, 1.54) is 12.1 Å². The van der Waals surface area contributed by atoms with Crippen molar-refractivity contribution in [2.24, 2.45) is 5.92 Å². The molecule has 0 aromatic heterocycles. The quantitative estimate of drug-likeness (QED) is 0.670. The van der Waals surface area contributed by atoms with Gasteiger partial charge in [-0.05, 0) is 18.1 Å². The van der Waals surface area contributed by atoms with Crippen molar-refractivity contribution in [2.45, 2.75) is 12.5 Å². The van der Waals surface area contributed by atoms with E-state index >= 15 is 0 Å². The Hall–Kier alpha value is -2.47. The van der Waals surface area contributed by atoms with E-state index in [0.717, 1.165) is 18.1 Å². The van der Waals surface area contributed by atoms with E-state index in [1.807, 2.05) is 30.3 Å². The second-order valence-corrected chi connectivity index (χ2v) is 5.55. The Bertz CT molecular complexity index is 693.